The largest absolute Gasteiger partial charge is 0.457 e. The van der Waals surface area contributed by atoms with E-state index in [0.717, 1.165) is 19.5 Å². The Bertz CT molecular complexity index is 432. The Morgan fingerprint density at radius 1 is 1.11 bits per heavy atom. The van der Waals surface area contributed by atoms with Crippen LogP contribution in [0.1, 0.15) is 6.42 Å². The van der Waals surface area contributed by atoms with Gasteiger partial charge in [0.05, 0.1) is 26.4 Å². The maximum Gasteiger partial charge on any atom is 0.323 e. The lowest BCUT2D eigenvalue weighted by Crippen LogP contribution is -2.37. The van der Waals surface area contributed by atoms with Crippen LogP contribution >= 0.6 is 0 Å². The van der Waals surface area contributed by atoms with E-state index < -0.39 is 0 Å². The molecule has 3 rings (SSSR count). The van der Waals surface area contributed by atoms with Crippen molar-refractivity contribution < 1.29 is 14.2 Å². The predicted molar refractivity (Wildman–Crippen MR) is 67.1 cm³/mol. The summed E-state index contributed by atoms with van der Waals surface area (Å²) in [6.45, 7) is 4.10. The third-order valence-corrected chi connectivity index (χ3v) is 3.07. The third-order valence-electron chi connectivity index (χ3n) is 3.07. The Balaban J connectivity index is 1.74. The number of ether oxygens (including phenoxy) is 3. The van der Waals surface area contributed by atoms with Crippen LogP contribution in [0.3, 0.4) is 0 Å². The second-order valence-electron chi connectivity index (χ2n) is 4.48. The normalized spacial score (nSPS) is 23.6. The number of nitrogen functional groups attached to an aromatic ring is 1. The zero-order valence-corrected chi connectivity index (χ0v) is 10.6. The first-order valence-electron chi connectivity index (χ1n) is 6.40. The number of anilines is 2. The van der Waals surface area contributed by atoms with Gasteiger partial charge in [-0.2, -0.15) is 15.0 Å². The Morgan fingerprint density at radius 3 is 2.68 bits per heavy atom. The van der Waals surface area contributed by atoms with Gasteiger partial charge >= 0.3 is 6.01 Å². The van der Waals surface area contributed by atoms with Gasteiger partial charge in [-0.3, -0.25) is 0 Å². The van der Waals surface area contributed by atoms with Gasteiger partial charge in [0.1, 0.15) is 6.10 Å². The minimum atomic E-state index is -0.000612. The molecule has 0 radical (unpaired) electrons. The van der Waals surface area contributed by atoms with Crippen molar-refractivity contribution in [2.24, 2.45) is 0 Å². The first kappa shape index (κ1) is 12.4. The van der Waals surface area contributed by atoms with E-state index >= 15 is 0 Å². The second kappa shape index (κ2) is 5.54. The van der Waals surface area contributed by atoms with E-state index in [4.69, 9.17) is 19.9 Å². The number of nitrogens with zero attached hydrogens (tertiary/aromatic N) is 4. The monoisotopic (exact) mass is 267 g/mol. The summed E-state index contributed by atoms with van der Waals surface area (Å²) in [4.78, 5) is 14.5. The Hall–Kier alpha value is -1.67. The molecule has 1 aromatic rings. The molecule has 0 spiro atoms. The van der Waals surface area contributed by atoms with Crippen molar-refractivity contribution >= 4 is 11.9 Å². The summed E-state index contributed by atoms with van der Waals surface area (Å²) in [6.07, 6.45) is 0.845. The van der Waals surface area contributed by atoms with Crippen LogP contribution in [-0.4, -0.2) is 60.6 Å². The van der Waals surface area contributed by atoms with Crippen LogP contribution in [0.4, 0.5) is 11.9 Å². The van der Waals surface area contributed by atoms with E-state index in [9.17, 15) is 0 Å². The fourth-order valence-electron chi connectivity index (χ4n) is 2.07. The molecule has 0 amide bonds. The van der Waals surface area contributed by atoms with Gasteiger partial charge in [-0.25, -0.2) is 0 Å². The lowest BCUT2D eigenvalue weighted by atomic mass is 10.3. The molecule has 0 saturated carbocycles. The number of rotatable bonds is 3. The lowest BCUT2D eigenvalue weighted by Gasteiger charge is -2.26. The highest BCUT2D eigenvalue weighted by molar-refractivity contribution is 5.36. The van der Waals surface area contributed by atoms with Crippen LogP contribution in [0.15, 0.2) is 0 Å². The standard InChI is InChI=1S/C11H17N5O3/c12-9-13-10(16-2-5-17-6-3-16)15-11(14-9)19-8-1-4-18-7-8/h8H,1-7H2,(H2,12,13,14,15). The summed E-state index contributed by atoms with van der Waals surface area (Å²) in [5.74, 6) is 0.718. The highest BCUT2D eigenvalue weighted by Crippen LogP contribution is 2.17. The van der Waals surface area contributed by atoms with Gasteiger partial charge in [-0.05, 0) is 0 Å². The molecule has 2 aliphatic rings. The zero-order valence-electron chi connectivity index (χ0n) is 10.6. The Morgan fingerprint density at radius 2 is 1.95 bits per heavy atom. The van der Waals surface area contributed by atoms with Crippen LogP contribution in [0.2, 0.25) is 0 Å². The van der Waals surface area contributed by atoms with Crippen molar-refractivity contribution in [1.29, 1.82) is 0 Å². The van der Waals surface area contributed by atoms with Gasteiger partial charge in [-0.15, -0.1) is 0 Å². The van der Waals surface area contributed by atoms with E-state index in [1.165, 1.54) is 0 Å². The van der Waals surface area contributed by atoms with E-state index in [1.54, 1.807) is 0 Å². The van der Waals surface area contributed by atoms with Crippen LogP contribution in [0.5, 0.6) is 6.01 Å². The van der Waals surface area contributed by atoms with Gasteiger partial charge in [0.15, 0.2) is 0 Å². The fraction of sp³-hybridized carbons (Fsp3) is 0.727. The molecular formula is C11H17N5O3. The number of aromatic nitrogens is 3. The maximum atomic E-state index is 5.71. The van der Waals surface area contributed by atoms with Gasteiger partial charge < -0.3 is 24.8 Å². The number of nitrogens with two attached hydrogens (primary N) is 1. The van der Waals surface area contributed by atoms with E-state index in [-0.39, 0.29) is 18.1 Å². The number of hydrogen-bond donors (Lipinski definition) is 1. The number of morpholine rings is 1. The van der Waals surface area contributed by atoms with Crippen LogP contribution < -0.4 is 15.4 Å². The van der Waals surface area contributed by atoms with Crippen molar-refractivity contribution in [2.75, 3.05) is 50.2 Å². The van der Waals surface area contributed by atoms with Gasteiger partial charge in [-0.1, -0.05) is 0 Å². The summed E-state index contributed by atoms with van der Waals surface area (Å²) in [6, 6.07) is 0.268. The van der Waals surface area contributed by atoms with Crippen molar-refractivity contribution in [3.63, 3.8) is 0 Å². The number of hydrogen-bond acceptors (Lipinski definition) is 8. The molecule has 8 nitrogen and oxygen atoms in total. The molecule has 19 heavy (non-hydrogen) atoms. The first-order valence-corrected chi connectivity index (χ1v) is 6.40. The van der Waals surface area contributed by atoms with Crippen molar-refractivity contribution in [3.8, 4) is 6.01 Å². The average molecular weight is 267 g/mol. The van der Waals surface area contributed by atoms with E-state index in [1.807, 2.05) is 4.90 Å². The second-order valence-corrected chi connectivity index (χ2v) is 4.48. The minimum Gasteiger partial charge on any atom is -0.457 e. The van der Waals surface area contributed by atoms with Crippen LogP contribution in [0, 0.1) is 0 Å². The maximum absolute atomic E-state index is 5.71. The molecule has 104 valence electrons. The molecule has 2 saturated heterocycles. The molecule has 1 unspecified atom stereocenters. The van der Waals surface area contributed by atoms with Crippen LogP contribution in [-0.2, 0) is 9.47 Å². The molecule has 2 N–H and O–H groups in total. The summed E-state index contributed by atoms with van der Waals surface area (Å²) in [5, 5.41) is 0. The van der Waals surface area contributed by atoms with Gasteiger partial charge in [0.25, 0.3) is 0 Å². The molecule has 1 atom stereocenters. The molecule has 2 aliphatic heterocycles. The van der Waals surface area contributed by atoms with Crippen molar-refractivity contribution in [2.45, 2.75) is 12.5 Å². The molecule has 0 aliphatic carbocycles. The van der Waals surface area contributed by atoms with Gasteiger partial charge in [0.2, 0.25) is 11.9 Å². The third kappa shape index (κ3) is 3.02. The first-order chi connectivity index (χ1) is 9.31. The predicted octanol–water partition coefficient (Wildman–Crippen LogP) is -0.542. The van der Waals surface area contributed by atoms with Gasteiger partial charge in [0, 0.05) is 19.5 Å². The highest BCUT2D eigenvalue weighted by atomic mass is 16.6. The van der Waals surface area contributed by atoms with Crippen LogP contribution in [0.25, 0.3) is 0 Å². The van der Waals surface area contributed by atoms with E-state index in [2.05, 4.69) is 15.0 Å². The molecule has 2 fully saturated rings. The highest BCUT2D eigenvalue weighted by Gasteiger charge is 2.21. The topological polar surface area (TPSA) is 95.6 Å². The molecule has 1 aromatic heterocycles. The average Bonchev–Trinajstić information content (AvgIpc) is 2.92. The minimum absolute atomic E-state index is 0.000612. The zero-order chi connectivity index (χ0) is 13.1. The molecule has 0 aromatic carbocycles. The molecule has 3 heterocycles. The molecule has 0 bridgehead atoms. The fourth-order valence-corrected chi connectivity index (χ4v) is 2.07. The molecular weight excluding hydrogens is 250 g/mol. The SMILES string of the molecule is Nc1nc(OC2CCOC2)nc(N2CCOCC2)n1. The Kier molecular flexibility index (Phi) is 3.60. The smallest absolute Gasteiger partial charge is 0.323 e. The van der Waals surface area contributed by atoms with E-state index in [0.29, 0.717) is 32.4 Å². The quantitative estimate of drug-likeness (QED) is 0.780. The summed E-state index contributed by atoms with van der Waals surface area (Å²) < 4.78 is 16.2. The lowest BCUT2D eigenvalue weighted by molar-refractivity contribution is 0.121. The van der Waals surface area contributed by atoms with Crippen molar-refractivity contribution in [3.05, 3.63) is 0 Å². The summed E-state index contributed by atoms with van der Waals surface area (Å²) >= 11 is 0. The summed E-state index contributed by atoms with van der Waals surface area (Å²) in [5.41, 5.74) is 5.71. The van der Waals surface area contributed by atoms with Crippen molar-refractivity contribution in [1.82, 2.24) is 15.0 Å². The molecule has 8 heteroatoms. The summed E-state index contributed by atoms with van der Waals surface area (Å²) in [7, 11) is 0. The Labute approximate surface area is 110 Å².